The molecule has 1 aromatic carbocycles. The summed E-state index contributed by atoms with van der Waals surface area (Å²) in [7, 11) is 0. The number of rotatable bonds is 6. The minimum Gasteiger partial charge on any atom is -0.395 e. The van der Waals surface area contributed by atoms with Crippen LogP contribution in [-0.2, 0) is 18.3 Å². The minimum absolute atomic E-state index is 0.117. The molecule has 1 atom stereocenters. The lowest BCUT2D eigenvalue weighted by atomic mass is 9.77. The van der Waals surface area contributed by atoms with Crippen LogP contribution in [0.1, 0.15) is 22.2 Å². The van der Waals surface area contributed by atoms with Crippen molar-refractivity contribution in [2.45, 2.75) is 25.2 Å². The van der Waals surface area contributed by atoms with Crippen molar-refractivity contribution in [2.24, 2.45) is 5.73 Å². The van der Waals surface area contributed by atoms with E-state index in [0.717, 1.165) is 17.4 Å². The Labute approximate surface area is 127 Å². The van der Waals surface area contributed by atoms with Gasteiger partial charge in [0.1, 0.15) is 11.6 Å². The zero-order chi connectivity index (χ0) is 15.5. The Morgan fingerprint density at radius 2 is 1.76 bits per heavy atom. The summed E-state index contributed by atoms with van der Waals surface area (Å²) in [5, 5.41) is 9.82. The minimum atomic E-state index is -0.862. The summed E-state index contributed by atoms with van der Waals surface area (Å²) in [6, 6.07) is 7.34. The van der Waals surface area contributed by atoms with Crippen molar-refractivity contribution in [3.8, 4) is 0 Å². The van der Waals surface area contributed by atoms with Gasteiger partial charge in [-0.25, -0.2) is 8.78 Å². The van der Waals surface area contributed by atoms with Crippen LogP contribution in [0.15, 0.2) is 30.3 Å². The number of aliphatic hydroxyl groups is 1. The number of aryl methyl sites for hydroxylation is 1. The lowest BCUT2D eigenvalue weighted by molar-refractivity contribution is 0.196. The largest absolute Gasteiger partial charge is 0.395 e. The van der Waals surface area contributed by atoms with E-state index in [9.17, 15) is 13.9 Å². The van der Waals surface area contributed by atoms with Gasteiger partial charge in [0.15, 0.2) is 0 Å². The van der Waals surface area contributed by atoms with Crippen molar-refractivity contribution in [3.05, 3.63) is 57.3 Å². The maximum absolute atomic E-state index is 13.5. The molecule has 3 N–H and O–H groups in total. The van der Waals surface area contributed by atoms with E-state index in [-0.39, 0.29) is 13.2 Å². The number of nitrogens with two attached hydrogens (primary N) is 1. The highest BCUT2D eigenvalue weighted by molar-refractivity contribution is 7.12. The van der Waals surface area contributed by atoms with Gasteiger partial charge in [-0.2, -0.15) is 0 Å². The Morgan fingerprint density at radius 1 is 1.14 bits per heavy atom. The summed E-state index contributed by atoms with van der Waals surface area (Å²) in [4.78, 5) is 2.29. The molecule has 2 rings (SSSR count). The summed E-state index contributed by atoms with van der Waals surface area (Å²) in [5.41, 5.74) is 5.37. The van der Waals surface area contributed by atoms with E-state index in [2.05, 4.69) is 6.92 Å². The molecular formula is C16H19F2NOS. The molecule has 0 amide bonds. The smallest absolute Gasteiger partial charge is 0.126 e. The molecule has 0 saturated carbocycles. The third-order valence-electron chi connectivity index (χ3n) is 3.75. The fraction of sp³-hybridized carbons (Fsp3) is 0.375. The molecule has 21 heavy (non-hydrogen) atoms. The summed E-state index contributed by atoms with van der Waals surface area (Å²) in [6.07, 6.45) is 1.40. The normalized spacial score (nSPS) is 14.1. The topological polar surface area (TPSA) is 46.2 Å². The van der Waals surface area contributed by atoms with E-state index in [1.54, 1.807) is 11.3 Å². The molecule has 0 fully saturated rings. The molecule has 0 aliphatic rings. The number of hydrogen-bond acceptors (Lipinski definition) is 3. The van der Waals surface area contributed by atoms with Crippen LogP contribution < -0.4 is 5.73 Å². The van der Waals surface area contributed by atoms with Gasteiger partial charge in [0.2, 0.25) is 0 Å². The van der Waals surface area contributed by atoms with Crippen LogP contribution in [0.25, 0.3) is 0 Å². The molecule has 0 bridgehead atoms. The first kappa shape index (κ1) is 16.1. The summed E-state index contributed by atoms with van der Waals surface area (Å²) >= 11 is 1.64. The number of thiophene rings is 1. The van der Waals surface area contributed by atoms with E-state index in [0.29, 0.717) is 12.0 Å². The molecule has 0 spiro atoms. The van der Waals surface area contributed by atoms with E-state index in [1.165, 1.54) is 17.0 Å². The molecule has 1 unspecified atom stereocenters. The fourth-order valence-electron chi connectivity index (χ4n) is 2.40. The van der Waals surface area contributed by atoms with Gasteiger partial charge in [0.05, 0.1) is 6.61 Å². The molecule has 0 saturated heterocycles. The summed E-state index contributed by atoms with van der Waals surface area (Å²) < 4.78 is 26.9. The third kappa shape index (κ3) is 3.48. The lowest BCUT2D eigenvalue weighted by Gasteiger charge is -2.31. The third-order valence-corrected chi connectivity index (χ3v) is 4.98. The number of hydrogen-bond donors (Lipinski definition) is 2. The summed E-state index contributed by atoms with van der Waals surface area (Å²) in [5.74, 6) is -1.31. The van der Waals surface area contributed by atoms with Gasteiger partial charge in [-0.3, -0.25) is 0 Å². The van der Waals surface area contributed by atoms with Crippen molar-refractivity contribution < 1.29 is 13.9 Å². The van der Waals surface area contributed by atoms with Gasteiger partial charge < -0.3 is 10.8 Å². The molecule has 114 valence electrons. The average molecular weight is 311 g/mol. The van der Waals surface area contributed by atoms with Gasteiger partial charge in [-0.15, -0.1) is 11.3 Å². The Morgan fingerprint density at radius 3 is 2.24 bits per heavy atom. The Bertz CT molecular complexity index is 588. The molecule has 1 heterocycles. The zero-order valence-electron chi connectivity index (χ0n) is 11.9. The molecule has 2 aromatic rings. The van der Waals surface area contributed by atoms with Crippen molar-refractivity contribution in [1.82, 2.24) is 0 Å². The highest BCUT2D eigenvalue weighted by atomic mass is 32.1. The van der Waals surface area contributed by atoms with Crippen LogP contribution in [0.4, 0.5) is 8.78 Å². The van der Waals surface area contributed by atoms with E-state index in [4.69, 9.17) is 5.73 Å². The van der Waals surface area contributed by atoms with Crippen molar-refractivity contribution >= 4 is 11.3 Å². The lowest BCUT2D eigenvalue weighted by Crippen LogP contribution is -2.41. The standard InChI is InChI=1S/C16H19F2NOS/c1-2-14-3-4-15(21-14)8-16(9-19,10-20)11-5-12(17)7-13(18)6-11/h3-7,20H,2,8-10,19H2,1H3. The number of aliphatic hydroxyl groups excluding tert-OH is 1. The highest BCUT2D eigenvalue weighted by Gasteiger charge is 2.32. The maximum atomic E-state index is 13.5. The van der Waals surface area contributed by atoms with E-state index >= 15 is 0 Å². The summed E-state index contributed by atoms with van der Waals surface area (Å²) in [6.45, 7) is 1.93. The van der Waals surface area contributed by atoms with Crippen LogP contribution in [0.5, 0.6) is 0 Å². The van der Waals surface area contributed by atoms with Crippen LogP contribution in [0.2, 0.25) is 0 Å². The van der Waals surface area contributed by atoms with Gasteiger partial charge in [-0.1, -0.05) is 6.92 Å². The Hall–Kier alpha value is -1.30. The van der Waals surface area contributed by atoms with E-state index < -0.39 is 17.0 Å². The maximum Gasteiger partial charge on any atom is 0.126 e. The second-order valence-electron chi connectivity index (χ2n) is 5.20. The van der Waals surface area contributed by atoms with Crippen molar-refractivity contribution in [3.63, 3.8) is 0 Å². The van der Waals surface area contributed by atoms with Gasteiger partial charge in [-0.05, 0) is 42.7 Å². The predicted molar refractivity (Wildman–Crippen MR) is 81.6 cm³/mol. The molecule has 0 aliphatic carbocycles. The van der Waals surface area contributed by atoms with E-state index in [1.807, 2.05) is 12.1 Å². The molecule has 1 aromatic heterocycles. The SMILES string of the molecule is CCc1ccc(CC(CN)(CO)c2cc(F)cc(F)c2)s1. The molecule has 5 heteroatoms. The second-order valence-corrected chi connectivity index (χ2v) is 6.45. The second kappa shape index (κ2) is 6.64. The first-order valence-electron chi connectivity index (χ1n) is 6.88. The van der Waals surface area contributed by atoms with Crippen LogP contribution >= 0.6 is 11.3 Å². The zero-order valence-corrected chi connectivity index (χ0v) is 12.7. The Kier molecular flexibility index (Phi) is 5.08. The van der Waals surface area contributed by atoms with Crippen LogP contribution in [-0.4, -0.2) is 18.3 Å². The first-order chi connectivity index (χ1) is 10.0. The van der Waals surface area contributed by atoms with Crippen LogP contribution in [0.3, 0.4) is 0 Å². The predicted octanol–water partition coefficient (Wildman–Crippen LogP) is 3.02. The first-order valence-corrected chi connectivity index (χ1v) is 7.69. The van der Waals surface area contributed by atoms with Crippen LogP contribution in [0, 0.1) is 11.6 Å². The van der Waals surface area contributed by atoms with Gasteiger partial charge in [0, 0.05) is 27.8 Å². The average Bonchev–Trinajstić information content (AvgIpc) is 2.91. The fourth-order valence-corrected chi connectivity index (χ4v) is 3.51. The molecular weight excluding hydrogens is 292 g/mol. The Balaban J connectivity index is 2.39. The molecule has 2 nitrogen and oxygen atoms in total. The number of benzene rings is 1. The molecule has 0 aliphatic heterocycles. The van der Waals surface area contributed by atoms with Gasteiger partial charge in [0.25, 0.3) is 0 Å². The molecule has 0 radical (unpaired) electrons. The highest BCUT2D eigenvalue weighted by Crippen LogP contribution is 2.31. The quantitative estimate of drug-likeness (QED) is 0.861. The van der Waals surface area contributed by atoms with Crippen molar-refractivity contribution in [1.29, 1.82) is 0 Å². The number of halogens is 2. The van der Waals surface area contributed by atoms with Crippen molar-refractivity contribution in [2.75, 3.05) is 13.2 Å². The monoisotopic (exact) mass is 311 g/mol. The van der Waals surface area contributed by atoms with Gasteiger partial charge >= 0.3 is 0 Å².